The van der Waals surface area contributed by atoms with Crippen molar-refractivity contribution in [3.8, 4) is 0 Å². The quantitative estimate of drug-likeness (QED) is 0.881. The van der Waals surface area contributed by atoms with Gasteiger partial charge in [0.25, 0.3) is 5.91 Å². The van der Waals surface area contributed by atoms with Crippen molar-refractivity contribution in [2.75, 3.05) is 23.1 Å². The number of carbonyl (C=O) groups is 1. The number of sulfonamides is 1. The number of nitrogens with zero attached hydrogens (tertiary/aromatic N) is 1. The van der Waals surface area contributed by atoms with Crippen molar-refractivity contribution in [2.45, 2.75) is 31.6 Å². The Balaban J connectivity index is 1.46. The third-order valence-electron chi connectivity index (χ3n) is 5.50. The number of rotatable bonds is 4. The summed E-state index contributed by atoms with van der Waals surface area (Å²) >= 11 is 0. The van der Waals surface area contributed by atoms with Crippen LogP contribution in [0.2, 0.25) is 0 Å². The number of benzene rings is 2. The maximum Gasteiger partial charge on any atom is 0.251 e. The monoisotopic (exact) mass is 384 g/mol. The Bertz CT molecular complexity index is 955. The molecule has 1 atom stereocenters. The molecule has 6 heteroatoms. The summed E-state index contributed by atoms with van der Waals surface area (Å²) in [6.07, 6.45) is 3.94. The number of fused-ring (bicyclic) bond motifs is 1. The second kappa shape index (κ2) is 7.35. The van der Waals surface area contributed by atoms with Gasteiger partial charge in [-0.05, 0) is 55.0 Å². The highest BCUT2D eigenvalue weighted by molar-refractivity contribution is 7.93. The minimum Gasteiger partial charge on any atom is -0.351 e. The lowest BCUT2D eigenvalue weighted by atomic mass is 9.83. The van der Waals surface area contributed by atoms with E-state index in [0.29, 0.717) is 36.7 Å². The maximum absolute atomic E-state index is 12.6. The lowest BCUT2D eigenvalue weighted by Crippen LogP contribution is -2.30. The zero-order valence-corrected chi connectivity index (χ0v) is 16.0. The van der Waals surface area contributed by atoms with Crippen LogP contribution in [0.5, 0.6) is 0 Å². The van der Waals surface area contributed by atoms with Gasteiger partial charge in [-0.1, -0.05) is 30.3 Å². The van der Waals surface area contributed by atoms with Gasteiger partial charge in [-0.3, -0.25) is 9.10 Å². The summed E-state index contributed by atoms with van der Waals surface area (Å²) in [5.74, 6) is 0.349. The zero-order chi connectivity index (χ0) is 18.9. The number of anilines is 1. The Morgan fingerprint density at radius 1 is 1.11 bits per heavy atom. The number of nitrogens with one attached hydrogen (secondary N) is 1. The maximum atomic E-state index is 12.6. The highest BCUT2D eigenvalue weighted by atomic mass is 32.2. The predicted octanol–water partition coefficient (Wildman–Crippen LogP) is 3.08. The van der Waals surface area contributed by atoms with Gasteiger partial charge in [-0.15, -0.1) is 0 Å². The van der Waals surface area contributed by atoms with Crippen molar-refractivity contribution >= 4 is 21.6 Å². The molecule has 1 aliphatic carbocycles. The van der Waals surface area contributed by atoms with Gasteiger partial charge in [0.05, 0.1) is 11.4 Å². The molecule has 27 heavy (non-hydrogen) atoms. The van der Waals surface area contributed by atoms with Crippen LogP contribution in [-0.2, 0) is 16.4 Å². The molecule has 4 rings (SSSR count). The molecule has 1 aliphatic heterocycles. The van der Waals surface area contributed by atoms with Crippen molar-refractivity contribution in [1.82, 2.24) is 5.32 Å². The molecule has 1 fully saturated rings. The van der Waals surface area contributed by atoms with E-state index in [1.54, 1.807) is 24.3 Å². The summed E-state index contributed by atoms with van der Waals surface area (Å²) in [5.41, 5.74) is 3.78. The van der Waals surface area contributed by atoms with Crippen molar-refractivity contribution in [1.29, 1.82) is 0 Å². The molecule has 1 amide bonds. The number of amides is 1. The number of carbonyl (C=O) groups excluding carboxylic acids is 1. The largest absolute Gasteiger partial charge is 0.351 e. The van der Waals surface area contributed by atoms with Crippen LogP contribution in [0.4, 0.5) is 5.69 Å². The molecule has 1 heterocycles. The number of hydrogen-bond acceptors (Lipinski definition) is 3. The van der Waals surface area contributed by atoms with Crippen LogP contribution in [0.25, 0.3) is 0 Å². The fourth-order valence-electron chi connectivity index (χ4n) is 4.12. The van der Waals surface area contributed by atoms with Crippen molar-refractivity contribution in [3.63, 3.8) is 0 Å². The summed E-state index contributed by atoms with van der Waals surface area (Å²) in [6.45, 7) is 1.08. The molecule has 5 nitrogen and oxygen atoms in total. The van der Waals surface area contributed by atoms with Gasteiger partial charge in [0.15, 0.2) is 0 Å². The molecular formula is C21H24N2O3S. The van der Waals surface area contributed by atoms with E-state index in [0.717, 1.165) is 19.3 Å². The van der Waals surface area contributed by atoms with Crippen LogP contribution in [-0.4, -0.2) is 33.2 Å². The molecule has 2 aliphatic rings. The molecule has 1 saturated heterocycles. The van der Waals surface area contributed by atoms with Crippen LogP contribution < -0.4 is 9.62 Å². The average molecular weight is 385 g/mol. The third-order valence-corrected chi connectivity index (χ3v) is 7.37. The molecule has 2 aromatic rings. The predicted molar refractivity (Wildman–Crippen MR) is 107 cm³/mol. The van der Waals surface area contributed by atoms with Crippen molar-refractivity contribution in [2.24, 2.45) is 0 Å². The summed E-state index contributed by atoms with van der Waals surface area (Å²) in [4.78, 5) is 12.6. The van der Waals surface area contributed by atoms with Crippen LogP contribution in [0, 0.1) is 0 Å². The highest BCUT2D eigenvalue weighted by Crippen LogP contribution is 2.31. The average Bonchev–Trinajstić information content (AvgIpc) is 3.05. The highest BCUT2D eigenvalue weighted by Gasteiger charge is 2.28. The third kappa shape index (κ3) is 3.72. The topological polar surface area (TPSA) is 66.5 Å². The lowest BCUT2D eigenvalue weighted by molar-refractivity contribution is 0.0950. The van der Waals surface area contributed by atoms with Gasteiger partial charge >= 0.3 is 0 Å². The van der Waals surface area contributed by atoms with Crippen molar-refractivity contribution < 1.29 is 13.2 Å². The smallest absolute Gasteiger partial charge is 0.251 e. The minimum absolute atomic E-state index is 0.156. The molecule has 0 aromatic heterocycles. The Kier molecular flexibility index (Phi) is 4.91. The van der Waals surface area contributed by atoms with Crippen LogP contribution in [0.3, 0.4) is 0 Å². The lowest BCUT2D eigenvalue weighted by Gasteiger charge is -2.25. The van der Waals surface area contributed by atoms with E-state index in [1.165, 1.54) is 15.4 Å². The molecule has 0 radical (unpaired) electrons. The van der Waals surface area contributed by atoms with Gasteiger partial charge in [0.2, 0.25) is 10.0 Å². The number of aryl methyl sites for hydroxylation is 1. The first-order valence-electron chi connectivity index (χ1n) is 9.51. The van der Waals surface area contributed by atoms with E-state index in [1.807, 2.05) is 0 Å². The standard InChI is InChI=1S/C21H24N2O3S/c24-21(22-15-18-9-3-7-16-6-1-2-11-20(16)18)17-8-4-10-19(14-17)23-12-5-13-27(23,25)26/h1-2,4,6,8,10-11,14,18H,3,5,7,9,12-13,15H2,(H,22,24). The molecule has 0 saturated carbocycles. The molecule has 1 unspecified atom stereocenters. The summed E-state index contributed by atoms with van der Waals surface area (Å²) in [5, 5.41) is 3.04. The van der Waals surface area contributed by atoms with Crippen LogP contribution in [0.1, 0.15) is 46.7 Å². The Morgan fingerprint density at radius 3 is 2.78 bits per heavy atom. The van der Waals surface area contributed by atoms with Gasteiger partial charge in [-0.2, -0.15) is 0 Å². The zero-order valence-electron chi connectivity index (χ0n) is 15.2. The SMILES string of the molecule is O=C(NCC1CCCc2ccccc21)c1cccc(N2CCCS2(=O)=O)c1. The number of hydrogen-bond donors (Lipinski definition) is 1. The minimum atomic E-state index is -3.24. The summed E-state index contributed by atoms with van der Waals surface area (Å²) in [7, 11) is -3.24. The van der Waals surface area contributed by atoms with E-state index < -0.39 is 10.0 Å². The van der Waals surface area contributed by atoms with E-state index in [-0.39, 0.29) is 11.7 Å². The first kappa shape index (κ1) is 18.0. The van der Waals surface area contributed by atoms with Crippen molar-refractivity contribution in [3.05, 3.63) is 65.2 Å². The Morgan fingerprint density at radius 2 is 1.96 bits per heavy atom. The molecule has 0 spiro atoms. The van der Waals surface area contributed by atoms with E-state index in [9.17, 15) is 13.2 Å². The van der Waals surface area contributed by atoms with Crippen LogP contribution in [0.15, 0.2) is 48.5 Å². The van der Waals surface area contributed by atoms with Crippen LogP contribution >= 0.6 is 0 Å². The molecule has 0 bridgehead atoms. The van der Waals surface area contributed by atoms with Gasteiger partial charge in [-0.25, -0.2) is 8.42 Å². The fraction of sp³-hybridized carbons (Fsp3) is 0.381. The first-order chi connectivity index (χ1) is 13.0. The first-order valence-corrected chi connectivity index (χ1v) is 11.1. The van der Waals surface area contributed by atoms with E-state index >= 15 is 0 Å². The van der Waals surface area contributed by atoms with Gasteiger partial charge in [0.1, 0.15) is 0 Å². The molecule has 1 N–H and O–H groups in total. The molecule has 142 valence electrons. The Hall–Kier alpha value is -2.34. The molecule has 2 aromatic carbocycles. The molecular weight excluding hydrogens is 360 g/mol. The summed E-state index contributed by atoms with van der Waals surface area (Å²) in [6, 6.07) is 15.3. The van der Waals surface area contributed by atoms with Gasteiger partial charge in [0, 0.05) is 24.6 Å². The second-order valence-corrected chi connectivity index (χ2v) is 9.30. The summed E-state index contributed by atoms with van der Waals surface area (Å²) < 4.78 is 25.6. The van der Waals surface area contributed by atoms with Gasteiger partial charge < -0.3 is 5.32 Å². The van der Waals surface area contributed by atoms with E-state index in [4.69, 9.17) is 0 Å². The van der Waals surface area contributed by atoms with E-state index in [2.05, 4.69) is 29.6 Å². The Labute approximate surface area is 160 Å². The fourth-order valence-corrected chi connectivity index (χ4v) is 5.67. The normalized spacial score (nSPS) is 20.9. The second-order valence-electron chi connectivity index (χ2n) is 7.29.